The molecule has 0 saturated carbocycles. The van der Waals surface area contributed by atoms with E-state index in [2.05, 4.69) is 18.8 Å². The highest BCUT2D eigenvalue weighted by Gasteiger charge is 2.22. The van der Waals surface area contributed by atoms with Crippen molar-refractivity contribution in [1.29, 1.82) is 0 Å². The lowest BCUT2D eigenvalue weighted by Crippen LogP contribution is -2.33. The number of thiazole rings is 1. The van der Waals surface area contributed by atoms with E-state index in [1.54, 1.807) is 4.90 Å². The molecule has 1 aromatic rings. The van der Waals surface area contributed by atoms with Crippen molar-refractivity contribution in [2.45, 2.75) is 40.5 Å². The number of aromatic nitrogens is 1. The number of aryl methyl sites for hydroxylation is 1. The molecule has 0 aliphatic carbocycles. The summed E-state index contributed by atoms with van der Waals surface area (Å²) in [5, 5.41) is 9.61. The van der Waals surface area contributed by atoms with Gasteiger partial charge >= 0.3 is 5.97 Å². The highest BCUT2D eigenvalue weighted by Crippen LogP contribution is 2.22. The van der Waals surface area contributed by atoms with Gasteiger partial charge in [0.1, 0.15) is 4.88 Å². The van der Waals surface area contributed by atoms with Crippen molar-refractivity contribution in [3.63, 3.8) is 0 Å². The van der Waals surface area contributed by atoms with Crippen molar-refractivity contribution in [1.82, 2.24) is 9.88 Å². The molecule has 1 aromatic heterocycles. The number of aliphatic carboxylic acids is 1. The molecule has 0 unspecified atom stereocenters. The Hall–Kier alpha value is -1.43. The Bertz CT molecular complexity index is 483. The summed E-state index contributed by atoms with van der Waals surface area (Å²) in [6.45, 7) is 8.66. The maximum Gasteiger partial charge on any atom is 0.305 e. The number of hydrogen-bond acceptors (Lipinski definition) is 4. The molecule has 0 aliphatic rings. The molecule has 0 aromatic carbocycles. The Morgan fingerprint density at radius 1 is 1.40 bits per heavy atom. The molecule has 5 nitrogen and oxygen atoms in total. The van der Waals surface area contributed by atoms with Gasteiger partial charge in [0.05, 0.1) is 17.1 Å². The monoisotopic (exact) mass is 298 g/mol. The molecular weight excluding hydrogens is 276 g/mol. The third-order valence-corrected chi connectivity index (χ3v) is 3.87. The summed E-state index contributed by atoms with van der Waals surface area (Å²) in [4.78, 5) is 29.8. The van der Waals surface area contributed by atoms with Crippen LogP contribution in [0.4, 0.5) is 0 Å². The topological polar surface area (TPSA) is 70.5 Å². The fraction of sp³-hybridized carbons (Fsp3) is 0.643. The molecule has 0 spiro atoms. The molecule has 0 saturated heterocycles. The van der Waals surface area contributed by atoms with E-state index < -0.39 is 5.97 Å². The standard InChI is InChI=1S/C14H22N2O3S/c1-5-16(7-6-12(17)18)14(19)13-11(8-9(2)3)15-10(4)20-13/h9H,5-8H2,1-4H3,(H,17,18). The third-order valence-electron chi connectivity index (χ3n) is 2.86. The van der Waals surface area contributed by atoms with Gasteiger partial charge in [0.25, 0.3) is 5.91 Å². The Morgan fingerprint density at radius 3 is 2.55 bits per heavy atom. The number of carbonyl (C=O) groups excluding carboxylic acids is 1. The minimum absolute atomic E-state index is 0.0309. The fourth-order valence-electron chi connectivity index (χ4n) is 1.94. The van der Waals surface area contributed by atoms with Gasteiger partial charge in [-0.15, -0.1) is 11.3 Å². The van der Waals surface area contributed by atoms with Gasteiger partial charge in [0.15, 0.2) is 0 Å². The van der Waals surface area contributed by atoms with Gasteiger partial charge < -0.3 is 10.0 Å². The summed E-state index contributed by atoms with van der Waals surface area (Å²) < 4.78 is 0. The maximum absolute atomic E-state index is 12.5. The average Bonchev–Trinajstić information content (AvgIpc) is 2.69. The Morgan fingerprint density at radius 2 is 2.05 bits per heavy atom. The van der Waals surface area contributed by atoms with E-state index in [0.29, 0.717) is 17.3 Å². The van der Waals surface area contributed by atoms with E-state index in [0.717, 1.165) is 17.1 Å². The van der Waals surface area contributed by atoms with Crippen molar-refractivity contribution in [3.05, 3.63) is 15.6 Å². The van der Waals surface area contributed by atoms with Crippen LogP contribution < -0.4 is 0 Å². The summed E-state index contributed by atoms with van der Waals surface area (Å²) in [5.74, 6) is -0.564. The first-order valence-electron chi connectivity index (χ1n) is 6.82. The van der Waals surface area contributed by atoms with Crippen LogP contribution in [0, 0.1) is 12.8 Å². The summed E-state index contributed by atoms with van der Waals surface area (Å²) in [7, 11) is 0. The molecule has 20 heavy (non-hydrogen) atoms. The molecular formula is C14H22N2O3S. The molecule has 112 valence electrons. The van der Waals surface area contributed by atoms with E-state index in [4.69, 9.17) is 5.11 Å². The highest BCUT2D eigenvalue weighted by molar-refractivity contribution is 7.13. The lowest BCUT2D eigenvalue weighted by Gasteiger charge is -2.19. The molecule has 0 bridgehead atoms. The number of carboxylic acid groups (broad SMARTS) is 1. The van der Waals surface area contributed by atoms with Gasteiger partial charge in [-0.05, 0) is 26.2 Å². The molecule has 0 aliphatic heterocycles. The van der Waals surface area contributed by atoms with Crippen molar-refractivity contribution in [2.24, 2.45) is 5.92 Å². The minimum Gasteiger partial charge on any atom is -0.481 e. The van der Waals surface area contributed by atoms with Crippen LogP contribution in [0.5, 0.6) is 0 Å². The normalized spacial score (nSPS) is 10.8. The number of nitrogens with zero attached hydrogens (tertiary/aromatic N) is 2. The van der Waals surface area contributed by atoms with Gasteiger partial charge in [-0.25, -0.2) is 4.98 Å². The van der Waals surface area contributed by atoms with E-state index in [1.807, 2.05) is 13.8 Å². The minimum atomic E-state index is -0.890. The molecule has 0 radical (unpaired) electrons. The number of carbonyl (C=O) groups is 2. The van der Waals surface area contributed by atoms with Crippen LogP contribution in [0.3, 0.4) is 0 Å². The van der Waals surface area contributed by atoms with Crippen LogP contribution >= 0.6 is 11.3 Å². The molecule has 1 rings (SSSR count). The number of hydrogen-bond donors (Lipinski definition) is 1. The molecule has 0 atom stereocenters. The first kappa shape index (κ1) is 16.6. The van der Waals surface area contributed by atoms with Crippen LogP contribution in [0.15, 0.2) is 0 Å². The molecule has 1 heterocycles. The Balaban J connectivity index is 2.91. The smallest absolute Gasteiger partial charge is 0.305 e. The fourth-order valence-corrected chi connectivity index (χ4v) is 2.85. The van der Waals surface area contributed by atoms with Gasteiger partial charge in [-0.3, -0.25) is 9.59 Å². The van der Waals surface area contributed by atoms with E-state index in [-0.39, 0.29) is 18.9 Å². The number of rotatable bonds is 7. The zero-order valence-corrected chi connectivity index (χ0v) is 13.3. The van der Waals surface area contributed by atoms with Gasteiger partial charge in [0, 0.05) is 13.1 Å². The van der Waals surface area contributed by atoms with Gasteiger partial charge in [0.2, 0.25) is 0 Å². The molecule has 1 N–H and O–H groups in total. The van der Waals surface area contributed by atoms with Crippen molar-refractivity contribution in [3.8, 4) is 0 Å². The van der Waals surface area contributed by atoms with Crippen molar-refractivity contribution < 1.29 is 14.7 Å². The first-order valence-corrected chi connectivity index (χ1v) is 7.64. The zero-order chi connectivity index (χ0) is 15.3. The third kappa shape index (κ3) is 4.59. The summed E-state index contributed by atoms with van der Waals surface area (Å²) in [6, 6.07) is 0. The lowest BCUT2D eigenvalue weighted by atomic mass is 10.1. The predicted molar refractivity (Wildman–Crippen MR) is 79.2 cm³/mol. The second kappa shape index (κ2) is 7.38. The van der Waals surface area contributed by atoms with Crippen LogP contribution in [-0.2, 0) is 11.2 Å². The SMILES string of the molecule is CCN(CCC(=O)O)C(=O)c1sc(C)nc1CC(C)C. The van der Waals surface area contributed by atoms with Crippen LogP contribution in [-0.4, -0.2) is 40.0 Å². The van der Waals surface area contributed by atoms with E-state index >= 15 is 0 Å². The summed E-state index contributed by atoms with van der Waals surface area (Å²) in [5.41, 5.74) is 0.835. The molecule has 1 amide bonds. The van der Waals surface area contributed by atoms with Crippen molar-refractivity contribution >= 4 is 23.2 Å². The summed E-state index contributed by atoms with van der Waals surface area (Å²) in [6.07, 6.45) is 0.735. The highest BCUT2D eigenvalue weighted by atomic mass is 32.1. The van der Waals surface area contributed by atoms with Gasteiger partial charge in [-0.1, -0.05) is 13.8 Å². The number of carboxylic acids is 1. The first-order chi connectivity index (χ1) is 9.35. The second-order valence-electron chi connectivity index (χ2n) is 5.14. The predicted octanol–water partition coefficient (Wildman–Crippen LogP) is 2.59. The largest absolute Gasteiger partial charge is 0.481 e. The van der Waals surface area contributed by atoms with Crippen LogP contribution in [0.25, 0.3) is 0 Å². The number of amides is 1. The molecule has 6 heteroatoms. The Labute approximate surface area is 123 Å². The van der Waals surface area contributed by atoms with Gasteiger partial charge in [-0.2, -0.15) is 0 Å². The quantitative estimate of drug-likeness (QED) is 0.840. The second-order valence-corrected chi connectivity index (χ2v) is 6.34. The van der Waals surface area contributed by atoms with Crippen molar-refractivity contribution in [2.75, 3.05) is 13.1 Å². The maximum atomic E-state index is 12.5. The van der Waals surface area contributed by atoms with E-state index in [1.165, 1.54) is 11.3 Å². The Kier molecular flexibility index (Phi) is 6.13. The van der Waals surface area contributed by atoms with Crippen LogP contribution in [0.2, 0.25) is 0 Å². The van der Waals surface area contributed by atoms with Crippen LogP contribution in [0.1, 0.15) is 47.6 Å². The lowest BCUT2D eigenvalue weighted by molar-refractivity contribution is -0.137. The summed E-state index contributed by atoms with van der Waals surface area (Å²) >= 11 is 1.39. The average molecular weight is 298 g/mol. The zero-order valence-electron chi connectivity index (χ0n) is 12.5. The molecule has 0 fully saturated rings. The van der Waals surface area contributed by atoms with E-state index in [9.17, 15) is 9.59 Å².